The molecule has 0 atom stereocenters. The van der Waals surface area contributed by atoms with Crippen molar-refractivity contribution in [1.29, 1.82) is 0 Å². The number of carboxylic acid groups (broad SMARTS) is 1. The molecule has 0 radical (unpaired) electrons. The molecule has 0 aliphatic rings. The molecule has 2 rings (SSSR count). The number of rotatable bonds is 5. The molecule has 0 aliphatic carbocycles. The summed E-state index contributed by atoms with van der Waals surface area (Å²) in [4.78, 5) is 22.0. The lowest BCUT2D eigenvalue weighted by Crippen LogP contribution is -2.12. The van der Waals surface area contributed by atoms with Crippen LogP contribution in [0.1, 0.15) is 10.5 Å². The van der Waals surface area contributed by atoms with Crippen molar-refractivity contribution in [2.24, 2.45) is 0 Å². The van der Waals surface area contributed by atoms with Crippen molar-refractivity contribution in [3.8, 4) is 5.75 Å². The monoisotopic (exact) mass is 261 g/mol. The van der Waals surface area contributed by atoms with Crippen molar-refractivity contribution in [2.45, 2.75) is 0 Å². The Kier molecular flexibility index (Phi) is 3.77. The summed E-state index contributed by atoms with van der Waals surface area (Å²) < 4.78 is 4.97. The number of nitrogens with one attached hydrogen (secondary N) is 2. The molecule has 0 saturated heterocycles. The number of hydrogen-bond donors (Lipinski definition) is 3. The smallest absolute Gasteiger partial charge is 0.341 e. The highest BCUT2D eigenvalue weighted by Crippen LogP contribution is 2.16. The van der Waals surface area contributed by atoms with Gasteiger partial charge in [0.1, 0.15) is 11.4 Å². The van der Waals surface area contributed by atoms with Gasteiger partial charge in [-0.05, 0) is 30.3 Å². The second-order valence-electron chi connectivity index (χ2n) is 3.63. The van der Waals surface area contributed by atoms with Crippen LogP contribution in [0, 0.1) is 0 Å². The van der Waals surface area contributed by atoms with Gasteiger partial charge in [0.15, 0.2) is 6.61 Å². The van der Waals surface area contributed by atoms with Gasteiger partial charge in [0, 0.05) is 11.9 Å². The summed E-state index contributed by atoms with van der Waals surface area (Å²) in [7, 11) is 0. The molecule has 19 heavy (non-hydrogen) atoms. The summed E-state index contributed by atoms with van der Waals surface area (Å²) in [6.45, 7) is -0.403. The summed E-state index contributed by atoms with van der Waals surface area (Å²) in [5.74, 6) is -0.935. The first kappa shape index (κ1) is 12.6. The van der Waals surface area contributed by atoms with E-state index in [9.17, 15) is 9.59 Å². The summed E-state index contributed by atoms with van der Waals surface area (Å²) in [6, 6.07) is 7.94. The predicted octanol–water partition coefficient (Wildman–Crippen LogP) is 1.13. The van der Waals surface area contributed by atoms with Gasteiger partial charge in [0.2, 0.25) is 0 Å². The van der Waals surface area contributed by atoms with Crippen LogP contribution in [0.15, 0.2) is 36.5 Å². The van der Waals surface area contributed by atoms with Crippen molar-refractivity contribution in [3.05, 3.63) is 42.2 Å². The molecule has 1 amide bonds. The SMILES string of the molecule is O=C(O)COc1ccc(NC(=O)c2ccn[nH]2)cc1. The normalized spacial score (nSPS) is 9.89. The molecule has 1 aromatic carbocycles. The van der Waals surface area contributed by atoms with E-state index in [0.29, 0.717) is 17.1 Å². The van der Waals surface area contributed by atoms with E-state index in [1.54, 1.807) is 30.3 Å². The van der Waals surface area contributed by atoms with Crippen molar-refractivity contribution >= 4 is 17.6 Å². The lowest BCUT2D eigenvalue weighted by Gasteiger charge is -2.06. The minimum Gasteiger partial charge on any atom is -0.482 e. The van der Waals surface area contributed by atoms with Gasteiger partial charge in [-0.3, -0.25) is 9.89 Å². The van der Waals surface area contributed by atoms with Crippen LogP contribution in [0.5, 0.6) is 5.75 Å². The summed E-state index contributed by atoms with van der Waals surface area (Å²) in [6.07, 6.45) is 1.48. The van der Waals surface area contributed by atoms with Crippen LogP contribution in [0.4, 0.5) is 5.69 Å². The van der Waals surface area contributed by atoms with Gasteiger partial charge >= 0.3 is 5.97 Å². The molecule has 0 fully saturated rings. The van der Waals surface area contributed by atoms with Gasteiger partial charge < -0.3 is 15.2 Å². The zero-order valence-corrected chi connectivity index (χ0v) is 9.79. The quantitative estimate of drug-likeness (QED) is 0.748. The number of carboxylic acids is 1. The first-order chi connectivity index (χ1) is 9.15. The summed E-state index contributed by atoms with van der Waals surface area (Å²) in [5, 5.41) is 17.3. The number of amides is 1. The number of benzene rings is 1. The van der Waals surface area contributed by atoms with Crippen LogP contribution in [0.3, 0.4) is 0 Å². The van der Waals surface area contributed by atoms with Gasteiger partial charge in [-0.2, -0.15) is 5.10 Å². The third-order valence-electron chi connectivity index (χ3n) is 2.22. The van der Waals surface area contributed by atoms with Gasteiger partial charge in [0.05, 0.1) is 0 Å². The molecule has 0 aliphatic heterocycles. The van der Waals surface area contributed by atoms with Crippen LogP contribution in [-0.4, -0.2) is 33.8 Å². The Balaban J connectivity index is 1.95. The molecule has 3 N–H and O–H groups in total. The fourth-order valence-corrected chi connectivity index (χ4v) is 1.36. The van der Waals surface area contributed by atoms with Crippen molar-refractivity contribution in [3.63, 3.8) is 0 Å². The van der Waals surface area contributed by atoms with E-state index in [0.717, 1.165) is 0 Å². The van der Waals surface area contributed by atoms with Crippen LogP contribution >= 0.6 is 0 Å². The van der Waals surface area contributed by atoms with E-state index in [-0.39, 0.29) is 5.91 Å². The molecule has 0 saturated carbocycles. The Morgan fingerprint density at radius 3 is 2.58 bits per heavy atom. The van der Waals surface area contributed by atoms with E-state index < -0.39 is 12.6 Å². The van der Waals surface area contributed by atoms with Gasteiger partial charge in [0.25, 0.3) is 5.91 Å². The van der Waals surface area contributed by atoms with E-state index in [4.69, 9.17) is 9.84 Å². The molecule has 7 heteroatoms. The van der Waals surface area contributed by atoms with Crippen LogP contribution in [0.2, 0.25) is 0 Å². The van der Waals surface area contributed by atoms with Crippen LogP contribution < -0.4 is 10.1 Å². The first-order valence-corrected chi connectivity index (χ1v) is 5.40. The van der Waals surface area contributed by atoms with Crippen LogP contribution in [-0.2, 0) is 4.79 Å². The predicted molar refractivity (Wildman–Crippen MR) is 66.1 cm³/mol. The lowest BCUT2D eigenvalue weighted by molar-refractivity contribution is -0.139. The Labute approximate surface area is 108 Å². The number of hydrogen-bond acceptors (Lipinski definition) is 4. The van der Waals surface area contributed by atoms with E-state index >= 15 is 0 Å². The average molecular weight is 261 g/mol. The number of aliphatic carboxylic acids is 1. The number of H-pyrrole nitrogens is 1. The topological polar surface area (TPSA) is 104 Å². The molecular weight excluding hydrogens is 250 g/mol. The largest absolute Gasteiger partial charge is 0.482 e. The third kappa shape index (κ3) is 3.56. The summed E-state index contributed by atoms with van der Waals surface area (Å²) in [5.41, 5.74) is 0.925. The van der Waals surface area contributed by atoms with Crippen LogP contribution in [0.25, 0.3) is 0 Å². The Morgan fingerprint density at radius 2 is 2.00 bits per heavy atom. The van der Waals surface area contributed by atoms with E-state index in [1.165, 1.54) is 6.20 Å². The number of anilines is 1. The molecule has 1 heterocycles. The maximum atomic E-state index is 11.7. The number of carbonyl (C=O) groups excluding carboxylic acids is 1. The zero-order chi connectivity index (χ0) is 13.7. The van der Waals surface area contributed by atoms with Gasteiger partial charge in [-0.25, -0.2) is 4.79 Å². The number of ether oxygens (including phenoxy) is 1. The molecule has 0 unspecified atom stereocenters. The number of aromatic nitrogens is 2. The van der Waals surface area contributed by atoms with Crippen molar-refractivity contribution in [2.75, 3.05) is 11.9 Å². The van der Waals surface area contributed by atoms with Gasteiger partial charge in [-0.1, -0.05) is 0 Å². The Bertz CT molecular complexity index is 563. The maximum absolute atomic E-state index is 11.7. The molecule has 7 nitrogen and oxygen atoms in total. The fourth-order valence-electron chi connectivity index (χ4n) is 1.36. The fraction of sp³-hybridized carbons (Fsp3) is 0.0833. The molecule has 2 aromatic rings. The molecule has 0 bridgehead atoms. The molecule has 0 spiro atoms. The van der Waals surface area contributed by atoms with Gasteiger partial charge in [-0.15, -0.1) is 0 Å². The third-order valence-corrected chi connectivity index (χ3v) is 2.22. The zero-order valence-electron chi connectivity index (χ0n) is 9.79. The molecule has 98 valence electrons. The Morgan fingerprint density at radius 1 is 1.26 bits per heavy atom. The maximum Gasteiger partial charge on any atom is 0.341 e. The first-order valence-electron chi connectivity index (χ1n) is 5.40. The van der Waals surface area contributed by atoms with Crippen molar-refractivity contribution in [1.82, 2.24) is 10.2 Å². The number of carbonyl (C=O) groups is 2. The highest BCUT2D eigenvalue weighted by atomic mass is 16.5. The highest BCUT2D eigenvalue weighted by Gasteiger charge is 2.07. The second kappa shape index (κ2) is 5.67. The minimum atomic E-state index is -1.04. The number of aromatic amines is 1. The highest BCUT2D eigenvalue weighted by molar-refractivity contribution is 6.02. The van der Waals surface area contributed by atoms with E-state index in [2.05, 4.69) is 15.5 Å². The average Bonchev–Trinajstić information content (AvgIpc) is 2.92. The molecule has 1 aromatic heterocycles. The Hall–Kier alpha value is -2.83. The van der Waals surface area contributed by atoms with E-state index in [1.807, 2.05) is 0 Å². The second-order valence-corrected chi connectivity index (χ2v) is 3.63. The lowest BCUT2D eigenvalue weighted by atomic mass is 10.3. The van der Waals surface area contributed by atoms with Crippen molar-refractivity contribution < 1.29 is 19.4 Å². The minimum absolute atomic E-state index is 0.309. The standard InChI is InChI=1S/C12H11N3O4/c16-11(17)7-19-9-3-1-8(2-4-9)14-12(18)10-5-6-13-15-10/h1-6H,7H2,(H,13,15)(H,14,18)(H,16,17). The summed E-state index contributed by atoms with van der Waals surface area (Å²) >= 11 is 0. The number of nitrogens with zero attached hydrogens (tertiary/aromatic N) is 1. The molecular formula is C12H11N3O4.